The number of halogens is 3. The van der Waals surface area contributed by atoms with Gasteiger partial charge in [0, 0.05) is 43.4 Å². The van der Waals surface area contributed by atoms with Crippen molar-refractivity contribution < 1.29 is 22.7 Å². The second-order valence-corrected chi connectivity index (χ2v) is 11.8. The third kappa shape index (κ3) is 5.98. The molecule has 2 aromatic heterocycles. The highest BCUT2D eigenvalue weighted by molar-refractivity contribution is 7.13. The van der Waals surface area contributed by atoms with Crippen LogP contribution in [-0.2, 0) is 20.0 Å². The number of aromatic nitrogens is 3. The van der Waals surface area contributed by atoms with Crippen molar-refractivity contribution in [1.29, 1.82) is 0 Å². The maximum atomic E-state index is 14.6. The van der Waals surface area contributed by atoms with E-state index in [1.54, 1.807) is 26.2 Å². The van der Waals surface area contributed by atoms with E-state index in [9.17, 15) is 18.0 Å². The summed E-state index contributed by atoms with van der Waals surface area (Å²) in [5, 5.41) is 8.18. The van der Waals surface area contributed by atoms with E-state index in [4.69, 9.17) is 4.74 Å². The molecule has 0 radical (unpaired) electrons. The quantitative estimate of drug-likeness (QED) is 0.416. The number of carbonyl (C=O) groups is 1. The molecule has 1 aliphatic carbocycles. The number of aryl methyl sites for hydroxylation is 2. The molecular weight excluding hydrogens is 515 g/mol. The number of nitrogens with zero attached hydrogens (tertiary/aromatic N) is 4. The number of ether oxygens (including phenoxy) is 1. The summed E-state index contributed by atoms with van der Waals surface area (Å²) in [5.74, 6) is -2.78. The van der Waals surface area contributed by atoms with Gasteiger partial charge in [0.05, 0.1) is 17.5 Å². The fourth-order valence-electron chi connectivity index (χ4n) is 5.52. The van der Waals surface area contributed by atoms with E-state index in [0.717, 1.165) is 75.7 Å². The molecule has 1 aromatic carbocycles. The van der Waals surface area contributed by atoms with Gasteiger partial charge in [0.2, 0.25) is 0 Å². The van der Waals surface area contributed by atoms with Gasteiger partial charge in [-0.1, -0.05) is 11.3 Å². The minimum absolute atomic E-state index is 0.109. The van der Waals surface area contributed by atoms with Crippen molar-refractivity contribution in [2.45, 2.75) is 70.9 Å². The van der Waals surface area contributed by atoms with Gasteiger partial charge in [0.25, 0.3) is 17.0 Å². The van der Waals surface area contributed by atoms with Crippen LogP contribution in [0.1, 0.15) is 65.5 Å². The van der Waals surface area contributed by atoms with Crippen molar-refractivity contribution in [2.24, 2.45) is 13.0 Å². The van der Waals surface area contributed by atoms with Crippen LogP contribution in [0.3, 0.4) is 0 Å². The van der Waals surface area contributed by atoms with E-state index in [1.165, 1.54) is 16.0 Å². The first kappa shape index (κ1) is 26.9. The number of rotatable bonds is 8. The molecule has 2 aliphatic rings. The highest BCUT2D eigenvalue weighted by atomic mass is 32.1. The summed E-state index contributed by atoms with van der Waals surface area (Å²) in [6.07, 6.45) is 7.45. The van der Waals surface area contributed by atoms with E-state index in [2.05, 4.69) is 20.3 Å². The van der Waals surface area contributed by atoms with E-state index >= 15 is 0 Å². The zero-order chi connectivity index (χ0) is 27.0. The SMILES string of the molecule is Cc1cc(C(=O)NC2CCC(CCN3CCc4sc(OCC(C)(F)F)nc4C3)CC2)c2cnn(C)c2c1F. The number of hydrogen-bond donors (Lipinski definition) is 1. The second kappa shape index (κ2) is 10.8. The van der Waals surface area contributed by atoms with Crippen LogP contribution < -0.4 is 10.1 Å². The van der Waals surface area contributed by atoms with Crippen molar-refractivity contribution in [1.82, 2.24) is 25.0 Å². The van der Waals surface area contributed by atoms with Crippen LogP contribution in [0.15, 0.2) is 12.3 Å². The minimum atomic E-state index is -2.87. The van der Waals surface area contributed by atoms with E-state index in [0.29, 0.717) is 33.1 Å². The van der Waals surface area contributed by atoms with Crippen LogP contribution in [0.2, 0.25) is 0 Å². The Kier molecular flexibility index (Phi) is 7.68. The van der Waals surface area contributed by atoms with Crippen molar-refractivity contribution in [3.05, 3.63) is 39.8 Å². The summed E-state index contributed by atoms with van der Waals surface area (Å²) in [7, 11) is 1.68. The fourth-order valence-corrected chi connectivity index (χ4v) is 6.43. The van der Waals surface area contributed by atoms with E-state index < -0.39 is 12.5 Å². The Labute approximate surface area is 224 Å². The molecule has 38 heavy (non-hydrogen) atoms. The molecule has 0 atom stereocenters. The van der Waals surface area contributed by atoms with Gasteiger partial charge in [-0.15, -0.1) is 0 Å². The molecule has 3 aromatic rings. The lowest BCUT2D eigenvalue weighted by Crippen LogP contribution is -2.38. The van der Waals surface area contributed by atoms with Crippen LogP contribution in [0.25, 0.3) is 10.9 Å². The first-order chi connectivity index (χ1) is 18.1. The first-order valence-corrected chi connectivity index (χ1v) is 14.0. The predicted octanol–water partition coefficient (Wildman–Crippen LogP) is 5.25. The molecule has 0 unspecified atom stereocenters. The second-order valence-electron chi connectivity index (χ2n) is 10.8. The normalized spacial score (nSPS) is 20.5. The largest absolute Gasteiger partial charge is 0.464 e. The van der Waals surface area contributed by atoms with Gasteiger partial charge < -0.3 is 10.1 Å². The van der Waals surface area contributed by atoms with Crippen molar-refractivity contribution in [3.63, 3.8) is 0 Å². The summed E-state index contributed by atoms with van der Waals surface area (Å²) in [6.45, 7) is 4.49. The Bertz CT molecular complexity index is 1310. The lowest BCUT2D eigenvalue weighted by atomic mass is 9.84. The van der Waals surface area contributed by atoms with Gasteiger partial charge >= 0.3 is 0 Å². The number of nitrogens with one attached hydrogen (secondary N) is 1. The number of hydrogen-bond acceptors (Lipinski definition) is 6. The molecule has 0 spiro atoms. The molecule has 1 aliphatic heterocycles. The molecule has 206 valence electrons. The zero-order valence-electron chi connectivity index (χ0n) is 22.0. The number of carbonyl (C=O) groups excluding carboxylic acids is 1. The zero-order valence-corrected chi connectivity index (χ0v) is 22.8. The summed E-state index contributed by atoms with van der Waals surface area (Å²) >= 11 is 1.38. The smallest absolute Gasteiger partial charge is 0.278 e. The third-order valence-corrected chi connectivity index (χ3v) is 8.73. The van der Waals surface area contributed by atoms with Gasteiger partial charge in [-0.25, -0.2) is 18.2 Å². The molecule has 1 N–H and O–H groups in total. The highest BCUT2D eigenvalue weighted by Gasteiger charge is 2.28. The number of amides is 1. The Morgan fingerprint density at radius 3 is 2.79 bits per heavy atom. The average molecular weight is 550 g/mol. The first-order valence-electron chi connectivity index (χ1n) is 13.2. The van der Waals surface area contributed by atoms with Crippen LogP contribution in [0.5, 0.6) is 5.19 Å². The minimum Gasteiger partial charge on any atom is -0.464 e. The summed E-state index contributed by atoms with van der Waals surface area (Å²) < 4.78 is 47.4. The number of fused-ring (bicyclic) bond motifs is 2. The number of thiazole rings is 1. The monoisotopic (exact) mass is 549 g/mol. The molecule has 7 nitrogen and oxygen atoms in total. The summed E-state index contributed by atoms with van der Waals surface area (Å²) in [5.41, 5.74) is 2.20. The predicted molar refractivity (Wildman–Crippen MR) is 140 cm³/mol. The third-order valence-electron chi connectivity index (χ3n) is 7.66. The highest BCUT2D eigenvalue weighted by Crippen LogP contribution is 2.32. The Morgan fingerprint density at radius 2 is 2.05 bits per heavy atom. The molecule has 0 saturated heterocycles. The van der Waals surface area contributed by atoms with Crippen LogP contribution in [-0.4, -0.2) is 57.2 Å². The van der Waals surface area contributed by atoms with Gasteiger partial charge in [-0.3, -0.25) is 14.4 Å². The van der Waals surface area contributed by atoms with Gasteiger partial charge in [-0.2, -0.15) is 5.10 Å². The molecule has 1 fully saturated rings. The molecule has 11 heteroatoms. The van der Waals surface area contributed by atoms with Crippen LogP contribution in [0.4, 0.5) is 13.2 Å². The van der Waals surface area contributed by atoms with Crippen molar-refractivity contribution in [3.8, 4) is 5.19 Å². The number of benzene rings is 1. The topological polar surface area (TPSA) is 72.3 Å². The Morgan fingerprint density at radius 1 is 1.29 bits per heavy atom. The van der Waals surface area contributed by atoms with Crippen molar-refractivity contribution >= 4 is 28.1 Å². The van der Waals surface area contributed by atoms with E-state index in [1.807, 2.05) is 0 Å². The fraction of sp³-hybridized carbons (Fsp3) is 0.593. The van der Waals surface area contributed by atoms with Gasteiger partial charge in [0.15, 0.2) is 12.4 Å². The lowest BCUT2D eigenvalue weighted by molar-refractivity contribution is -0.0230. The van der Waals surface area contributed by atoms with Crippen LogP contribution >= 0.6 is 11.3 Å². The van der Waals surface area contributed by atoms with Gasteiger partial charge in [0.1, 0.15) is 5.52 Å². The average Bonchev–Trinajstić information content (AvgIpc) is 3.47. The molecule has 1 saturated carbocycles. The molecular formula is C27H34F3N5O2S. The standard InChI is InChI=1S/C27H34F3N5O2S/c1-16-12-19(20-13-31-34(3)24(20)23(16)28)25(36)32-18-6-4-17(5-7-18)8-10-35-11-9-22-21(14-35)33-26(38-22)37-15-27(2,29)30/h12-13,17-18H,4-11,14-15H2,1-3H3,(H,32,36). The maximum Gasteiger partial charge on any atom is 0.278 e. The van der Waals surface area contributed by atoms with Crippen molar-refractivity contribution in [2.75, 3.05) is 19.7 Å². The summed E-state index contributed by atoms with van der Waals surface area (Å²) in [4.78, 5) is 21.0. The Hall–Kier alpha value is -2.66. The number of alkyl halides is 2. The lowest BCUT2D eigenvalue weighted by Gasteiger charge is -2.32. The molecule has 5 rings (SSSR count). The maximum absolute atomic E-state index is 14.6. The molecule has 3 heterocycles. The van der Waals surface area contributed by atoms with Gasteiger partial charge in [-0.05, 0) is 69.5 Å². The van der Waals surface area contributed by atoms with Crippen LogP contribution in [0, 0.1) is 18.7 Å². The molecule has 1 amide bonds. The van der Waals surface area contributed by atoms with E-state index in [-0.39, 0.29) is 17.8 Å². The summed E-state index contributed by atoms with van der Waals surface area (Å²) in [6, 6.07) is 1.72. The molecule has 0 bridgehead atoms. The Balaban J connectivity index is 1.08.